The molecule has 0 saturated heterocycles. The van der Waals surface area contributed by atoms with Gasteiger partial charge in [-0.25, -0.2) is 4.79 Å². The number of carboxylic acids is 1. The van der Waals surface area contributed by atoms with Crippen LogP contribution in [-0.2, 0) is 13.5 Å². The largest absolute Gasteiger partial charge is 0.477 e. The van der Waals surface area contributed by atoms with Crippen LogP contribution in [0.5, 0.6) is 0 Å². The highest BCUT2D eigenvalue weighted by Gasteiger charge is 2.12. The van der Waals surface area contributed by atoms with Gasteiger partial charge in [0.15, 0.2) is 0 Å². The molecule has 0 bridgehead atoms. The Morgan fingerprint density at radius 2 is 2.12 bits per heavy atom. The molecule has 4 heteroatoms. The first-order valence-corrected chi connectivity index (χ1v) is 5.38. The Morgan fingerprint density at radius 1 is 1.41 bits per heavy atom. The minimum atomic E-state index is -0.948. The number of aromatic nitrogens is 2. The van der Waals surface area contributed by atoms with E-state index in [1.165, 1.54) is 15.8 Å². The van der Waals surface area contributed by atoms with Crippen LogP contribution in [0.4, 0.5) is 0 Å². The molecule has 1 aromatic heterocycles. The van der Waals surface area contributed by atoms with Gasteiger partial charge in [-0.05, 0) is 24.1 Å². The number of carboxylic acid groups (broad SMARTS) is 1. The third-order valence-electron chi connectivity index (χ3n) is 2.78. The molecule has 0 aliphatic carbocycles. The number of rotatable bonds is 3. The molecule has 1 aromatic carbocycles. The molecule has 1 N–H and O–H groups in total. The molecule has 2 rings (SSSR count). The molecule has 0 aliphatic heterocycles. The quantitative estimate of drug-likeness (QED) is 0.877. The lowest BCUT2D eigenvalue weighted by Gasteiger charge is -2.02. The van der Waals surface area contributed by atoms with Crippen LogP contribution in [0.25, 0.3) is 0 Å². The zero-order chi connectivity index (χ0) is 12.4. The van der Waals surface area contributed by atoms with E-state index in [9.17, 15) is 4.79 Å². The van der Waals surface area contributed by atoms with Gasteiger partial charge in [-0.1, -0.05) is 24.3 Å². The minimum Gasteiger partial charge on any atom is -0.477 e. The van der Waals surface area contributed by atoms with E-state index >= 15 is 0 Å². The van der Waals surface area contributed by atoms with E-state index in [2.05, 4.69) is 5.10 Å². The van der Waals surface area contributed by atoms with Crippen LogP contribution in [0.1, 0.15) is 27.3 Å². The molecular weight excluding hydrogens is 216 g/mol. The van der Waals surface area contributed by atoms with Crippen molar-refractivity contribution in [3.8, 4) is 0 Å². The maximum atomic E-state index is 10.9. The summed E-state index contributed by atoms with van der Waals surface area (Å²) in [7, 11) is 1.64. The zero-order valence-electron chi connectivity index (χ0n) is 9.84. The molecule has 0 aliphatic rings. The highest BCUT2D eigenvalue weighted by molar-refractivity contribution is 5.85. The van der Waals surface area contributed by atoms with Gasteiger partial charge in [0.2, 0.25) is 0 Å². The number of hydrogen-bond acceptors (Lipinski definition) is 2. The summed E-state index contributed by atoms with van der Waals surface area (Å²) in [6, 6.07) is 9.65. The number of aryl methyl sites for hydroxylation is 2. The molecule has 0 amide bonds. The molecule has 0 saturated carbocycles. The van der Waals surface area contributed by atoms with Gasteiger partial charge >= 0.3 is 5.97 Å². The van der Waals surface area contributed by atoms with Crippen LogP contribution in [0.2, 0.25) is 0 Å². The summed E-state index contributed by atoms with van der Waals surface area (Å²) in [6.45, 7) is 2.04. The van der Waals surface area contributed by atoms with E-state index in [0.29, 0.717) is 6.42 Å². The molecule has 4 nitrogen and oxygen atoms in total. The van der Waals surface area contributed by atoms with Crippen LogP contribution in [-0.4, -0.2) is 20.9 Å². The molecule has 0 unspecified atom stereocenters. The van der Waals surface area contributed by atoms with Crippen molar-refractivity contribution < 1.29 is 9.90 Å². The van der Waals surface area contributed by atoms with Gasteiger partial charge in [-0.3, -0.25) is 4.68 Å². The third-order valence-corrected chi connectivity index (χ3v) is 2.78. The Kier molecular flexibility index (Phi) is 2.95. The van der Waals surface area contributed by atoms with Crippen molar-refractivity contribution in [2.24, 2.45) is 7.05 Å². The smallest absolute Gasteiger partial charge is 0.354 e. The highest BCUT2D eigenvalue weighted by atomic mass is 16.4. The van der Waals surface area contributed by atoms with Crippen molar-refractivity contribution in [2.45, 2.75) is 13.3 Å². The summed E-state index contributed by atoms with van der Waals surface area (Å²) >= 11 is 0. The summed E-state index contributed by atoms with van der Waals surface area (Å²) in [5.41, 5.74) is 3.35. The first kappa shape index (κ1) is 11.4. The Balaban J connectivity index is 2.28. The van der Waals surface area contributed by atoms with E-state index in [0.717, 1.165) is 5.69 Å². The first-order chi connectivity index (χ1) is 8.08. The fraction of sp³-hybridized carbons (Fsp3) is 0.231. The van der Waals surface area contributed by atoms with Gasteiger partial charge in [-0.15, -0.1) is 0 Å². The second-order valence-corrected chi connectivity index (χ2v) is 4.05. The summed E-state index contributed by atoms with van der Waals surface area (Å²) < 4.78 is 1.40. The lowest BCUT2D eigenvalue weighted by molar-refractivity contribution is 0.0685. The van der Waals surface area contributed by atoms with Gasteiger partial charge in [0.25, 0.3) is 0 Å². The van der Waals surface area contributed by atoms with Gasteiger partial charge < -0.3 is 5.11 Å². The molecular formula is C13H14N2O2. The number of benzene rings is 1. The van der Waals surface area contributed by atoms with E-state index in [1.54, 1.807) is 13.1 Å². The first-order valence-electron chi connectivity index (χ1n) is 5.38. The Labute approximate surface area is 99.5 Å². The van der Waals surface area contributed by atoms with Crippen molar-refractivity contribution in [1.29, 1.82) is 0 Å². The molecule has 0 spiro atoms. The molecule has 0 radical (unpaired) electrons. The van der Waals surface area contributed by atoms with E-state index < -0.39 is 5.97 Å². The molecule has 2 aromatic rings. The van der Waals surface area contributed by atoms with E-state index in [4.69, 9.17) is 5.11 Å². The van der Waals surface area contributed by atoms with Crippen molar-refractivity contribution in [1.82, 2.24) is 9.78 Å². The Morgan fingerprint density at radius 3 is 2.71 bits per heavy atom. The Bertz CT molecular complexity index is 558. The molecule has 1 heterocycles. The van der Waals surface area contributed by atoms with Crippen molar-refractivity contribution >= 4 is 5.97 Å². The normalized spacial score (nSPS) is 10.5. The average molecular weight is 230 g/mol. The van der Waals surface area contributed by atoms with E-state index in [-0.39, 0.29) is 5.69 Å². The standard InChI is InChI=1S/C13H14N2O2/c1-9-5-3-4-6-10(9)7-11-8-12(13(16)17)15(2)14-11/h3-6,8H,7H2,1-2H3,(H,16,17). The predicted octanol–water partition coefficient (Wildman–Crippen LogP) is 2.02. The Hall–Kier alpha value is -2.10. The van der Waals surface area contributed by atoms with Crippen molar-refractivity contribution in [2.75, 3.05) is 0 Å². The van der Waals surface area contributed by atoms with Gasteiger partial charge in [0, 0.05) is 13.5 Å². The summed E-state index contributed by atoms with van der Waals surface area (Å²) in [4.78, 5) is 10.9. The van der Waals surface area contributed by atoms with E-state index in [1.807, 2.05) is 31.2 Å². The predicted molar refractivity (Wildman–Crippen MR) is 64.2 cm³/mol. The summed E-state index contributed by atoms with van der Waals surface area (Å²) in [5.74, 6) is -0.948. The highest BCUT2D eigenvalue weighted by Crippen LogP contribution is 2.13. The van der Waals surface area contributed by atoms with Crippen LogP contribution in [0.15, 0.2) is 30.3 Å². The number of aromatic carboxylic acids is 1. The SMILES string of the molecule is Cc1ccccc1Cc1cc(C(=O)O)n(C)n1. The third kappa shape index (κ3) is 2.36. The fourth-order valence-corrected chi connectivity index (χ4v) is 1.82. The molecule has 88 valence electrons. The van der Waals surface area contributed by atoms with Gasteiger partial charge in [-0.2, -0.15) is 5.10 Å². The maximum Gasteiger partial charge on any atom is 0.354 e. The van der Waals surface area contributed by atoms with Crippen LogP contribution >= 0.6 is 0 Å². The molecule has 17 heavy (non-hydrogen) atoms. The topological polar surface area (TPSA) is 55.1 Å². The van der Waals surface area contributed by atoms with Gasteiger partial charge in [0.1, 0.15) is 5.69 Å². The number of hydrogen-bond donors (Lipinski definition) is 1. The van der Waals surface area contributed by atoms with Gasteiger partial charge in [0.05, 0.1) is 5.69 Å². The van der Waals surface area contributed by atoms with Crippen molar-refractivity contribution in [3.05, 3.63) is 52.8 Å². The number of nitrogens with zero attached hydrogens (tertiary/aromatic N) is 2. The second kappa shape index (κ2) is 4.41. The molecule has 0 fully saturated rings. The zero-order valence-corrected chi connectivity index (χ0v) is 9.84. The molecule has 0 atom stereocenters. The number of carbonyl (C=O) groups is 1. The maximum absolute atomic E-state index is 10.9. The summed E-state index contributed by atoms with van der Waals surface area (Å²) in [6.07, 6.45) is 0.661. The average Bonchev–Trinajstić information content (AvgIpc) is 2.63. The van der Waals surface area contributed by atoms with Crippen LogP contribution in [0, 0.1) is 6.92 Å². The lowest BCUT2D eigenvalue weighted by atomic mass is 10.0. The summed E-state index contributed by atoms with van der Waals surface area (Å²) in [5, 5.41) is 13.1. The lowest BCUT2D eigenvalue weighted by Crippen LogP contribution is -2.04. The van der Waals surface area contributed by atoms with Crippen LogP contribution < -0.4 is 0 Å². The minimum absolute atomic E-state index is 0.216. The van der Waals surface area contributed by atoms with Crippen molar-refractivity contribution in [3.63, 3.8) is 0 Å². The van der Waals surface area contributed by atoms with Crippen LogP contribution in [0.3, 0.4) is 0 Å². The fourth-order valence-electron chi connectivity index (χ4n) is 1.82. The monoisotopic (exact) mass is 230 g/mol. The second-order valence-electron chi connectivity index (χ2n) is 4.05.